The van der Waals surface area contributed by atoms with Gasteiger partial charge in [0.25, 0.3) is 0 Å². The first-order chi connectivity index (χ1) is 9.63. The smallest absolute Gasteiger partial charge is 0.121 e. The highest BCUT2D eigenvalue weighted by atomic mass is 79.9. The molecule has 0 spiro atoms. The summed E-state index contributed by atoms with van der Waals surface area (Å²) in [5.41, 5.74) is 3.66. The molecule has 2 aromatic rings. The van der Waals surface area contributed by atoms with Crippen molar-refractivity contribution < 1.29 is 9.47 Å². The Kier molecular flexibility index (Phi) is 5.07. The number of halogens is 1. The maximum absolute atomic E-state index is 5.30. The predicted molar refractivity (Wildman–Crippen MR) is 86.1 cm³/mol. The van der Waals surface area contributed by atoms with Crippen LogP contribution in [0.4, 0.5) is 0 Å². The van der Waals surface area contributed by atoms with Gasteiger partial charge in [-0.25, -0.2) is 0 Å². The monoisotopic (exact) mass is 334 g/mol. The van der Waals surface area contributed by atoms with E-state index >= 15 is 0 Å². The quantitative estimate of drug-likeness (QED) is 0.738. The van der Waals surface area contributed by atoms with E-state index in [-0.39, 0.29) is 4.83 Å². The highest BCUT2D eigenvalue weighted by Crippen LogP contribution is 2.31. The van der Waals surface area contributed by atoms with Gasteiger partial charge in [0, 0.05) is 4.83 Å². The molecule has 0 saturated carbocycles. The van der Waals surface area contributed by atoms with Crippen LogP contribution in [0.25, 0.3) is 0 Å². The maximum Gasteiger partial charge on any atom is 0.121 e. The Morgan fingerprint density at radius 1 is 1.05 bits per heavy atom. The Bertz CT molecular complexity index is 581. The SMILES string of the molecule is COc1cccc(CC(Br)c2ccc(OC)c(C)c2)c1. The fraction of sp³-hybridized carbons (Fsp3) is 0.294. The van der Waals surface area contributed by atoms with Crippen molar-refractivity contribution >= 4 is 15.9 Å². The van der Waals surface area contributed by atoms with Gasteiger partial charge in [0.15, 0.2) is 0 Å². The Balaban J connectivity index is 2.14. The normalized spacial score (nSPS) is 12.0. The first-order valence-corrected chi connectivity index (χ1v) is 7.47. The number of aryl methyl sites for hydroxylation is 1. The van der Waals surface area contributed by atoms with Gasteiger partial charge in [-0.05, 0) is 48.2 Å². The number of methoxy groups -OCH3 is 2. The molecule has 0 amide bonds. The maximum atomic E-state index is 5.30. The molecule has 3 heteroatoms. The Hall–Kier alpha value is -1.48. The van der Waals surface area contributed by atoms with Crippen LogP contribution in [-0.4, -0.2) is 14.2 Å². The van der Waals surface area contributed by atoms with E-state index in [9.17, 15) is 0 Å². The van der Waals surface area contributed by atoms with Crippen LogP contribution in [0.1, 0.15) is 21.5 Å². The molecule has 2 rings (SSSR count). The molecule has 20 heavy (non-hydrogen) atoms. The molecule has 0 N–H and O–H groups in total. The second-order valence-corrected chi connectivity index (χ2v) is 5.86. The van der Waals surface area contributed by atoms with E-state index < -0.39 is 0 Å². The van der Waals surface area contributed by atoms with Gasteiger partial charge in [-0.15, -0.1) is 0 Å². The van der Waals surface area contributed by atoms with Crippen LogP contribution in [0.5, 0.6) is 11.5 Å². The Morgan fingerprint density at radius 2 is 1.85 bits per heavy atom. The number of benzene rings is 2. The lowest BCUT2D eigenvalue weighted by Crippen LogP contribution is -1.97. The number of rotatable bonds is 5. The van der Waals surface area contributed by atoms with Crippen molar-refractivity contribution in [3.63, 3.8) is 0 Å². The summed E-state index contributed by atoms with van der Waals surface area (Å²) >= 11 is 3.77. The third-order valence-electron chi connectivity index (χ3n) is 3.33. The van der Waals surface area contributed by atoms with Gasteiger partial charge in [0.05, 0.1) is 14.2 Å². The third kappa shape index (κ3) is 3.54. The van der Waals surface area contributed by atoms with Crippen molar-refractivity contribution in [2.24, 2.45) is 0 Å². The summed E-state index contributed by atoms with van der Waals surface area (Å²) < 4.78 is 10.6. The van der Waals surface area contributed by atoms with E-state index in [0.29, 0.717) is 0 Å². The number of hydrogen-bond donors (Lipinski definition) is 0. The van der Waals surface area contributed by atoms with E-state index in [1.807, 2.05) is 18.2 Å². The zero-order chi connectivity index (χ0) is 14.5. The molecule has 1 unspecified atom stereocenters. The molecule has 0 saturated heterocycles. The highest BCUT2D eigenvalue weighted by Gasteiger charge is 2.11. The standard InChI is InChI=1S/C17H19BrO2/c1-12-9-14(7-8-17(12)20-3)16(18)11-13-5-4-6-15(10-13)19-2/h4-10,16H,11H2,1-3H3. The summed E-state index contributed by atoms with van der Waals surface area (Å²) in [5, 5.41) is 0. The molecule has 0 aliphatic rings. The predicted octanol–water partition coefficient (Wildman–Crippen LogP) is 4.69. The molecule has 0 heterocycles. The molecule has 0 radical (unpaired) electrons. The fourth-order valence-electron chi connectivity index (χ4n) is 2.22. The second kappa shape index (κ2) is 6.80. The molecule has 106 valence electrons. The molecule has 2 aromatic carbocycles. The highest BCUT2D eigenvalue weighted by molar-refractivity contribution is 9.09. The molecular formula is C17H19BrO2. The van der Waals surface area contributed by atoms with Crippen LogP contribution in [0.2, 0.25) is 0 Å². The lowest BCUT2D eigenvalue weighted by atomic mass is 10.0. The third-order valence-corrected chi connectivity index (χ3v) is 4.18. The average molecular weight is 335 g/mol. The average Bonchev–Trinajstić information content (AvgIpc) is 2.47. The summed E-state index contributed by atoms with van der Waals surface area (Å²) in [6.45, 7) is 2.06. The molecule has 0 bridgehead atoms. The Morgan fingerprint density at radius 3 is 2.50 bits per heavy atom. The number of ether oxygens (including phenoxy) is 2. The summed E-state index contributed by atoms with van der Waals surface area (Å²) in [7, 11) is 3.39. The zero-order valence-corrected chi connectivity index (χ0v) is 13.6. The van der Waals surface area contributed by atoms with Gasteiger partial charge >= 0.3 is 0 Å². The summed E-state index contributed by atoms with van der Waals surface area (Å²) in [6.07, 6.45) is 0.920. The fourth-order valence-corrected chi connectivity index (χ4v) is 2.88. The largest absolute Gasteiger partial charge is 0.497 e. The van der Waals surface area contributed by atoms with E-state index in [4.69, 9.17) is 9.47 Å². The molecule has 1 atom stereocenters. The van der Waals surface area contributed by atoms with Crippen molar-refractivity contribution in [2.45, 2.75) is 18.2 Å². The van der Waals surface area contributed by atoms with Gasteiger partial charge < -0.3 is 9.47 Å². The first kappa shape index (κ1) is 14.9. The van der Waals surface area contributed by atoms with Crippen molar-refractivity contribution in [2.75, 3.05) is 14.2 Å². The molecule has 0 aromatic heterocycles. The van der Waals surface area contributed by atoms with Gasteiger partial charge in [0.2, 0.25) is 0 Å². The first-order valence-electron chi connectivity index (χ1n) is 6.55. The van der Waals surface area contributed by atoms with Crippen molar-refractivity contribution in [1.29, 1.82) is 0 Å². The molecular weight excluding hydrogens is 316 g/mol. The minimum Gasteiger partial charge on any atom is -0.497 e. The summed E-state index contributed by atoms with van der Waals surface area (Å²) in [4.78, 5) is 0.277. The van der Waals surface area contributed by atoms with Crippen LogP contribution in [0, 0.1) is 6.92 Å². The minimum absolute atomic E-state index is 0.277. The van der Waals surface area contributed by atoms with Crippen LogP contribution in [-0.2, 0) is 6.42 Å². The lowest BCUT2D eigenvalue weighted by molar-refractivity contribution is 0.411. The van der Waals surface area contributed by atoms with Gasteiger partial charge in [0.1, 0.15) is 11.5 Å². The van der Waals surface area contributed by atoms with E-state index in [1.54, 1.807) is 14.2 Å². The van der Waals surface area contributed by atoms with Crippen molar-refractivity contribution in [3.05, 3.63) is 59.2 Å². The number of hydrogen-bond acceptors (Lipinski definition) is 2. The second-order valence-electron chi connectivity index (χ2n) is 4.75. The number of alkyl halides is 1. The van der Waals surface area contributed by atoms with Gasteiger partial charge in [-0.2, -0.15) is 0 Å². The Labute approximate surface area is 128 Å². The van der Waals surface area contributed by atoms with Crippen LogP contribution < -0.4 is 9.47 Å². The lowest BCUT2D eigenvalue weighted by Gasteiger charge is -2.13. The van der Waals surface area contributed by atoms with Gasteiger partial charge in [-0.1, -0.05) is 40.2 Å². The molecule has 0 aliphatic heterocycles. The zero-order valence-electron chi connectivity index (χ0n) is 12.0. The topological polar surface area (TPSA) is 18.5 Å². The molecule has 2 nitrogen and oxygen atoms in total. The van der Waals surface area contributed by atoms with E-state index in [0.717, 1.165) is 23.5 Å². The van der Waals surface area contributed by atoms with Crippen molar-refractivity contribution in [1.82, 2.24) is 0 Å². The summed E-state index contributed by atoms with van der Waals surface area (Å²) in [6, 6.07) is 14.5. The molecule has 0 fully saturated rings. The summed E-state index contributed by atoms with van der Waals surface area (Å²) in [5.74, 6) is 1.82. The van der Waals surface area contributed by atoms with Crippen molar-refractivity contribution in [3.8, 4) is 11.5 Å². The van der Waals surface area contributed by atoms with Crippen LogP contribution >= 0.6 is 15.9 Å². The molecule has 0 aliphatic carbocycles. The van der Waals surface area contributed by atoms with Gasteiger partial charge in [-0.3, -0.25) is 0 Å². The minimum atomic E-state index is 0.277. The van der Waals surface area contributed by atoms with Crippen LogP contribution in [0.3, 0.4) is 0 Å². The van der Waals surface area contributed by atoms with E-state index in [1.165, 1.54) is 11.1 Å². The van der Waals surface area contributed by atoms with E-state index in [2.05, 4.69) is 47.1 Å². The van der Waals surface area contributed by atoms with Crippen LogP contribution in [0.15, 0.2) is 42.5 Å².